The van der Waals surface area contributed by atoms with Crippen LogP contribution in [0.25, 0.3) is 0 Å². The Labute approximate surface area is 177 Å². The van der Waals surface area contributed by atoms with Crippen molar-refractivity contribution in [1.82, 2.24) is 15.5 Å². The number of aromatic amines is 1. The SMILES string of the molecule is CC(CCc1cc(C2CC2)n[nH]1)C(CNC(=O)c1ccccc1O)c1ccccc1. The van der Waals surface area contributed by atoms with Gasteiger partial charge in [0.05, 0.1) is 11.3 Å². The highest BCUT2D eigenvalue weighted by Gasteiger charge is 2.26. The maximum Gasteiger partial charge on any atom is 0.255 e. The molecule has 1 heterocycles. The molecule has 5 heteroatoms. The largest absolute Gasteiger partial charge is 0.507 e. The number of nitrogens with zero attached hydrogens (tertiary/aromatic N) is 1. The number of aromatic hydroxyl groups is 1. The first-order chi connectivity index (χ1) is 14.6. The lowest BCUT2D eigenvalue weighted by molar-refractivity contribution is 0.0945. The van der Waals surface area contributed by atoms with Crippen LogP contribution in [0.4, 0.5) is 0 Å². The summed E-state index contributed by atoms with van der Waals surface area (Å²) in [6.07, 6.45) is 4.46. The summed E-state index contributed by atoms with van der Waals surface area (Å²) in [7, 11) is 0. The highest BCUT2D eigenvalue weighted by atomic mass is 16.3. The summed E-state index contributed by atoms with van der Waals surface area (Å²) >= 11 is 0. The number of nitrogens with one attached hydrogen (secondary N) is 2. The van der Waals surface area contributed by atoms with Crippen molar-refractivity contribution in [2.75, 3.05) is 6.54 Å². The van der Waals surface area contributed by atoms with Gasteiger partial charge in [0.2, 0.25) is 0 Å². The third kappa shape index (κ3) is 4.90. The van der Waals surface area contributed by atoms with Crippen LogP contribution in [0.1, 0.15) is 65.3 Å². The molecule has 2 atom stereocenters. The zero-order valence-electron chi connectivity index (χ0n) is 17.3. The number of carbonyl (C=O) groups is 1. The van der Waals surface area contributed by atoms with E-state index in [1.54, 1.807) is 18.2 Å². The van der Waals surface area contributed by atoms with Gasteiger partial charge in [-0.3, -0.25) is 9.89 Å². The Hall–Kier alpha value is -3.08. The molecule has 0 radical (unpaired) electrons. The highest BCUT2D eigenvalue weighted by Crippen LogP contribution is 2.39. The minimum atomic E-state index is -0.246. The quantitative estimate of drug-likeness (QED) is 0.481. The van der Waals surface area contributed by atoms with Crippen LogP contribution in [-0.4, -0.2) is 27.8 Å². The second-order valence-corrected chi connectivity index (χ2v) is 8.35. The summed E-state index contributed by atoms with van der Waals surface area (Å²) in [5.74, 6) is 0.972. The van der Waals surface area contributed by atoms with Crippen LogP contribution in [0, 0.1) is 5.92 Å². The maximum atomic E-state index is 12.6. The highest BCUT2D eigenvalue weighted by molar-refractivity contribution is 5.96. The van der Waals surface area contributed by atoms with Crippen LogP contribution in [0.3, 0.4) is 0 Å². The fourth-order valence-electron chi connectivity index (χ4n) is 3.99. The summed E-state index contributed by atoms with van der Waals surface area (Å²) in [6.45, 7) is 2.76. The number of phenols is 1. The molecule has 0 aliphatic heterocycles. The normalized spacial score (nSPS) is 15.5. The predicted molar refractivity (Wildman–Crippen MR) is 118 cm³/mol. The summed E-state index contributed by atoms with van der Waals surface area (Å²) in [6, 6.07) is 19.2. The molecule has 3 N–H and O–H groups in total. The number of para-hydroxylation sites is 1. The van der Waals surface area contributed by atoms with E-state index in [1.165, 1.54) is 35.9 Å². The van der Waals surface area contributed by atoms with E-state index in [0.717, 1.165) is 12.8 Å². The molecule has 1 saturated carbocycles. The van der Waals surface area contributed by atoms with Crippen molar-refractivity contribution in [3.05, 3.63) is 83.2 Å². The van der Waals surface area contributed by atoms with Gasteiger partial charge in [-0.05, 0) is 55.4 Å². The minimum Gasteiger partial charge on any atom is -0.507 e. The Morgan fingerprint density at radius 3 is 2.63 bits per heavy atom. The Morgan fingerprint density at radius 1 is 1.17 bits per heavy atom. The second kappa shape index (κ2) is 9.16. The molecule has 1 aromatic heterocycles. The average Bonchev–Trinajstić information content (AvgIpc) is 3.51. The average molecular weight is 404 g/mol. The number of aromatic nitrogens is 2. The third-order valence-corrected chi connectivity index (χ3v) is 6.06. The number of rotatable bonds is 9. The number of benzene rings is 2. The minimum absolute atomic E-state index is 0.00465. The zero-order chi connectivity index (χ0) is 20.9. The monoisotopic (exact) mass is 403 g/mol. The summed E-state index contributed by atoms with van der Waals surface area (Å²) in [5, 5.41) is 20.6. The Bertz CT molecular complexity index is 979. The van der Waals surface area contributed by atoms with E-state index in [4.69, 9.17) is 0 Å². The van der Waals surface area contributed by atoms with Crippen LogP contribution < -0.4 is 5.32 Å². The number of amides is 1. The molecule has 1 aliphatic carbocycles. The molecule has 2 unspecified atom stereocenters. The van der Waals surface area contributed by atoms with Crippen molar-refractivity contribution in [3.8, 4) is 5.75 Å². The second-order valence-electron chi connectivity index (χ2n) is 8.35. The lowest BCUT2D eigenvalue weighted by Gasteiger charge is -2.25. The molecule has 1 aliphatic rings. The third-order valence-electron chi connectivity index (χ3n) is 6.06. The van der Waals surface area contributed by atoms with Gasteiger partial charge < -0.3 is 10.4 Å². The number of hydrogen-bond acceptors (Lipinski definition) is 3. The van der Waals surface area contributed by atoms with Crippen LogP contribution in [-0.2, 0) is 6.42 Å². The molecule has 1 amide bonds. The van der Waals surface area contributed by atoms with Crippen molar-refractivity contribution in [1.29, 1.82) is 0 Å². The van der Waals surface area contributed by atoms with E-state index in [9.17, 15) is 9.90 Å². The van der Waals surface area contributed by atoms with Crippen LogP contribution in [0.2, 0.25) is 0 Å². The van der Waals surface area contributed by atoms with Gasteiger partial charge in [-0.2, -0.15) is 5.10 Å². The van der Waals surface area contributed by atoms with E-state index >= 15 is 0 Å². The van der Waals surface area contributed by atoms with Gasteiger partial charge >= 0.3 is 0 Å². The number of H-pyrrole nitrogens is 1. The number of phenolic OH excluding ortho intramolecular Hbond substituents is 1. The first-order valence-corrected chi connectivity index (χ1v) is 10.8. The van der Waals surface area contributed by atoms with Crippen LogP contribution in [0.5, 0.6) is 5.75 Å². The van der Waals surface area contributed by atoms with Gasteiger partial charge in [0.25, 0.3) is 5.91 Å². The molecular formula is C25H29N3O2. The van der Waals surface area contributed by atoms with Crippen molar-refractivity contribution in [2.24, 2.45) is 5.92 Å². The van der Waals surface area contributed by atoms with E-state index in [-0.39, 0.29) is 17.6 Å². The summed E-state index contributed by atoms with van der Waals surface area (Å²) in [4.78, 5) is 12.6. The van der Waals surface area contributed by atoms with Gasteiger partial charge in [-0.1, -0.05) is 49.4 Å². The van der Waals surface area contributed by atoms with Gasteiger partial charge in [0.15, 0.2) is 0 Å². The number of carbonyl (C=O) groups excluding carboxylic acids is 1. The number of aryl methyl sites for hydroxylation is 1. The Morgan fingerprint density at radius 2 is 1.90 bits per heavy atom. The predicted octanol–water partition coefficient (Wildman–Crippen LogP) is 4.78. The van der Waals surface area contributed by atoms with Crippen molar-refractivity contribution in [2.45, 2.75) is 44.4 Å². The first kappa shape index (κ1) is 20.2. The standard InChI is InChI=1S/C25H29N3O2/c1-17(11-14-20-15-23(28-27-20)19-12-13-19)22(18-7-3-2-4-8-18)16-26-25(30)21-9-5-6-10-24(21)29/h2-10,15,17,19,22,29H,11-14,16H2,1H3,(H,26,30)(H,27,28). The molecule has 2 aromatic carbocycles. The zero-order valence-corrected chi connectivity index (χ0v) is 17.3. The number of hydrogen-bond donors (Lipinski definition) is 3. The molecule has 30 heavy (non-hydrogen) atoms. The smallest absolute Gasteiger partial charge is 0.255 e. The van der Waals surface area contributed by atoms with Crippen LogP contribution >= 0.6 is 0 Å². The van der Waals surface area contributed by atoms with Gasteiger partial charge in [0.1, 0.15) is 5.75 Å². The molecule has 0 spiro atoms. The van der Waals surface area contributed by atoms with Crippen molar-refractivity contribution >= 4 is 5.91 Å². The Balaban J connectivity index is 1.41. The topological polar surface area (TPSA) is 78.0 Å². The van der Waals surface area contributed by atoms with E-state index < -0.39 is 0 Å². The van der Waals surface area contributed by atoms with E-state index in [0.29, 0.717) is 23.9 Å². The molecule has 5 nitrogen and oxygen atoms in total. The fraction of sp³-hybridized carbons (Fsp3) is 0.360. The van der Waals surface area contributed by atoms with Crippen LogP contribution in [0.15, 0.2) is 60.7 Å². The van der Waals surface area contributed by atoms with Crippen molar-refractivity contribution in [3.63, 3.8) is 0 Å². The summed E-state index contributed by atoms with van der Waals surface area (Å²) in [5.41, 5.74) is 3.91. The van der Waals surface area contributed by atoms with Gasteiger partial charge in [-0.25, -0.2) is 0 Å². The molecule has 0 bridgehead atoms. The lowest BCUT2D eigenvalue weighted by Crippen LogP contribution is -2.31. The van der Waals surface area contributed by atoms with E-state index in [1.807, 2.05) is 18.2 Å². The maximum absolute atomic E-state index is 12.6. The summed E-state index contributed by atoms with van der Waals surface area (Å²) < 4.78 is 0. The first-order valence-electron chi connectivity index (χ1n) is 10.8. The molecule has 1 fully saturated rings. The fourth-order valence-corrected chi connectivity index (χ4v) is 3.99. The van der Waals surface area contributed by atoms with E-state index in [2.05, 4.69) is 40.6 Å². The Kier molecular flexibility index (Phi) is 6.17. The molecule has 156 valence electrons. The lowest BCUT2D eigenvalue weighted by atomic mass is 9.84. The molecule has 0 saturated heterocycles. The van der Waals surface area contributed by atoms with Gasteiger partial charge in [0, 0.05) is 24.1 Å². The van der Waals surface area contributed by atoms with Crippen molar-refractivity contribution < 1.29 is 9.90 Å². The molecule has 3 aromatic rings. The molecule has 4 rings (SSSR count). The molecular weight excluding hydrogens is 374 g/mol. The van der Waals surface area contributed by atoms with Gasteiger partial charge in [-0.15, -0.1) is 0 Å².